The number of hydrogen-bond acceptors (Lipinski definition) is 2. The summed E-state index contributed by atoms with van der Waals surface area (Å²) < 4.78 is 0. The third kappa shape index (κ3) is 3.71. The Kier molecular flexibility index (Phi) is 5.83. The van der Waals surface area contributed by atoms with Crippen molar-refractivity contribution < 1.29 is 9.59 Å². The zero-order chi connectivity index (χ0) is 14.6. The van der Waals surface area contributed by atoms with Gasteiger partial charge in [-0.05, 0) is 26.2 Å². The van der Waals surface area contributed by atoms with Gasteiger partial charge in [0.2, 0.25) is 11.8 Å². The monoisotopic (exact) mass is 268 g/mol. The van der Waals surface area contributed by atoms with Crippen LogP contribution in [0.25, 0.3) is 0 Å². The number of nitrogens with zero attached hydrogens (tertiary/aromatic N) is 1. The summed E-state index contributed by atoms with van der Waals surface area (Å²) in [5.41, 5.74) is 0. The van der Waals surface area contributed by atoms with Crippen LogP contribution < -0.4 is 5.32 Å². The zero-order valence-corrected chi connectivity index (χ0v) is 12.9. The number of amides is 2. The van der Waals surface area contributed by atoms with Gasteiger partial charge in [0.15, 0.2) is 0 Å². The van der Waals surface area contributed by atoms with Crippen LogP contribution in [0.1, 0.15) is 60.3 Å². The van der Waals surface area contributed by atoms with Crippen LogP contribution in [-0.2, 0) is 9.59 Å². The predicted molar refractivity (Wildman–Crippen MR) is 76.7 cm³/mol. The Morgan fingerprint density at radius 2 is 1.84 bits per heavy atom. The van der Waals surface area contributed by atoms with Crippen molar-refractivity contribution in [2.75, 3.05) is 0 Å². The fourth-order valence-electron chi connectivity index (χ4n) is 2.69. The molecule has 1 N–H and O–H groups in total. The average Bonchev–Trinajstić information content (AvgIpc) is 2.34. The number of hydrogen-bond donors (Lipinski definition) is 1. The molecule has 0 saturated carbocycles. The molecule has 4 nitrogen and oxygen atoms in total. The first-order valence-electron chi connectivity index (χ1n) is 7.52. The minimum atomic E-state index is -0.364. The van der Waals surface area contributed by atoms with E-state index in [1.807, 2.05) is 20.8 Å². The lowest BCUT2D eigenvalue weighted by Gasteiger charge is -2.42. The minimum Gasteiger partial charge on any atom is -0.342 e. The zero-order valence-electron chi connectivity index (χ0n) is 12.9. The fourth-order valence-corrected chi connectivity index (χ4v) is 2.69. The smallest absolute Gasteiger partial charge is 0.246 e. The van der Waals surface area contributed by atoms with Crippen LogP contribution in [0.2, 0.25) is 0 Å². The molecule has 0 aromatic heterocycles. The van der Waals surface area contributed by atoms with Crippen molar-refractivity contribution in [3.8, 4) is 0 Å². The van der Waals surface area contributed by atoms with Crippen LogP contribution in [0.5, 0.6) is 0 Å². The minimum absolute atomic E-state index is 0.0272. The van der Waals surface area contributed by atoms with E-state index in [-0.39, 0.29) is 35.9 Å². The highest BCUT2D eigenvalue weighted by molar-refractivity contribution is 5.97. The largest absolute Gasteiger partial charge is 0.342 e. The first-order valence-corrected chi connectivity index (χ1v) is 7.52. The molecule has 1 aliphatic heterocycles. The second kappa shape index (κ2) is 6.92. The summed E-state index contributed by atoms with van der Waals surface area (Å²) in [7, 11) is 0. The molecule has 0 aromatic rings. The Bertz CT molecular complexity index is 328. The maximum Gasteiger partial charge on any atom is 0.246 e. The molecular formula is C15H28N2O2. The van der Waals surface area contributed by atoms with E-state index >= 15 is 0 Å². The first-order chi connectivity index (χ1) is 8.90. The summed E-state index contributed by atoms with van der Waals surface area (Å²) in [6, 6.07) is -0.571. The van der Waals surface area contributed by atoms with Crippen LogP contribution in [0, 0.1) is 5.92 Å². The Balaban J connectivity index is 2.76. The highest BCUT2D eigenvalue weighted by atomic mass is 16.2. The van der Waals surface area contributed by atoms with Crippen molar-refractivity contribution >= 4 is 11.8 Å². The van der Waals surface area contributed by atoms with E-state index in [1.165, 1.54) is 12.8 Å². The van der Waals surface area contributed by atoms with Crippen LogP contribution >= 0.6 is 0 Å². The Morgan fingerprint density at radius 3 is 2.37 bits per heavy atom. The molecule has 3 unspecified atom stereocenters. The van der Waals surface area contributed by atoms with Gasteiger partial charge >= 0.3 is 0 Å². The molecule has 0 aliphatic carbocycles. The highest BCUT2D eigenvalue weighted by Gasteiger charge is 2.41. The summed E-state index contributed by atoms with van der Waals surface area (Å²) in [4.78, 5) is 26.3. The van der Waals surface area contributed by atoms with E-state index < -0.39 is 0 Å². The molecule has 4 heteroatoms. The molecule has 0 aromatic carbocycles. The van der Waals surface area contributed by atoms with E-state index in [0.29, 0.717) is 0 Å². The molecule has 0 radical (unpaired) electrons. The lowest BCUT2D eigenvalue weighted by Crippen LogP contribution is -2.65. The molecule has 1 aliphatic rings. The molecule has 1 fully saturated rings. The number of nitrogens with one attached hydrogen (secondary N) is 1. The van der Waals surface area contributed by atoms with Crippen LogP contribution in [-0.4, -0.2) is 34.8 Å². The molecule has 19 heavy (non-hydrogen) atoms. The van der Waals surface area contributed by atoms with Crippen molar-refractivity contribution in [3.63, 3.8) is 0 Å². The maximum atomic E-state index is 12.5. The summed E-state index contributed by atoms with van der Waals surface area (Å²) in [6.45, 7) is 9.99. The molecule has 1 heterocycles. The molecular weight excluding hydrogens is 240 g/mol. The van der Waals surface area contributed by atoms with Gasteiger partial charge in [0, 0.05) is 6.04 Å². The molecule has 0 spiro atoms. The summed E-state index contributed by atoms with van der Waals surface area (Å²) in [6.07, 6.45) is 4.44. The van der Waals surface area contributed by atoms with Crippen molar-refractivity contribution in [3.05, 3.63) is 0 Å². The van der Waals surface area contributed by atoms with E-state index in [0.717, 1.165) is 12.8 Å². The Labute approximate surface area is 116 Å². The number of piperazine rings is 1. The molecule has 110 valence electrons. The molecule has 1 saturated heterocycles. The van der Waals surface area contributed by atoms with Gasteiger partial charge in [-0.1, -0.05) is 40.0 Å². The quantitative estimate of drug-likeness (QED) is 0.752. The van der Waals surface area contributed by atoms with Gasteiger partial charge in [-0.3, -0.25) is 9.59 Å². The summed E-state index contributed by atoms with van der Waals surface area (Å²) in [5, 5.41) is 2.84. The second-order valence-electron chi connectivity index (χ2n) is 6.00. The fraction of sp³-hybridized carbons (Fsp3) is 0.867. The Morgan fingerprint density at radius 1 is 1.21 bits per heavy atom. The third-order valence-electron chi connectivity index (χ3n) is 3.98. The van der Waals surface area contributed by atoms with Crippen molar-refractivity contribution in [1.82, 2.24) is 10.2 Å². The second-order valence-corrected chi connectivity index (χ2v) is 6.00. The Hall–Kier alpha value is -1.06. The van der Waals surface area contributed by atoms with Gasteiger partial charge in [0.05, 0.1) is 0 Å². The highest BCUT2D eigenvalue weighted by Crippen LogP contribution is 2.20. The number of carbonyl (C=O) groups is 2. The molecule has 3 atom stereocenters. The van der Waals surface area contributed by atoms with E-state index in [9.17, 15) is 9.59 Å². The van der Waals surface area contributed by atoms with Crippen molar-refractivity contribution in [2.45, 2.75) is 78.4 Å². The lowest BCUT2D eigenvalue weighted by molar-refractivity contribution is -0.152. The van der Waals surface area contributed by atoms with Crippen LogP contribution in [0.4, 0.5) is 0 Å². The maximum absolute atomic E-state index is 12.5. The average molecular weight is 268 g/mol. The van der Waals surface area contributed by atoms with Gasteiger partial charge in [0.25, 0.3) is 0 Å². The predicted octanol–water partition coefficient (Wildman–Crippen LogP) is 2.33. The standard InChI is InChI=1S/C15H28N2O2/c1-6-7-8-9-11(4)17-12(5)14(18)16-13(10(2)3)15(17)19/h10-13H,6-9H2,1-5H3,(H,16,18). The van der Waals surface area contributed by atoms with E-state index in [2.05, 4.69) is 19.2 Å². The SMILES string of the molecule is CCCCCC(C)N1C(=O)C(C(C)C)NC(=O)C1C. The number of rotatable bonds is 6. The van der Waals surface area contributed by atoms with Crippen LogP contribution in [0.15, 0.2) is 0 Å². The summed E-state index contributed by atoms with van der Waals surface area (Å²) >= 11 is 0. The van der Waals surface area contributed by atoms with Gasteiger partial charge in [-0.2, -0.15) is 0 Å². The molecule has 1 rings (SSSR count). The van der Waals surface area contributed by atoms with E-state index in [4.69, 9.17) is 0 Å². The topological polar surface area (TPSA) is 49.4 Å². The third-order valence-corrected chi connectivity index (χ3v) is 3.98. The van der Waals surface area contributed by atoms with E-state index in [1.54, 1.807) is 4.90 Å². The molecule has 0 bridgehead atoms. The van der Waals surface area contributed by atoms with Crippen molar-refractivity contribution in [1.29, 1.82) is 0 Å². The van der Waals surface area contributed by atoms with Gasteiger partial charge in [0.1, 0.15) is 12.1 Å². The number of carbonyl (C=O) groups excluding carboxylic acids is 2. The van der Waals surface area contributed by atoms with Crippen LogP contribution in [0.3, 0.4) is 0 Å². The normalized spacial score (nSPS) is 25.7. The number of unbranched alkanes of at least 4 members (excludes halogenated alkanes) is 2. The summed E-state index contributed by atoms with van der Waals surface area (Å²) in [5.74, 6) is 0.182. The van der Waals surface area contributed by atoms with Gasteiger partial charge in [-0.25, -0.2) is 0 Å². The molecule has 2 amide bonds. The van der Waals surface area contributed by atoms with Crippen molar-refractivity contribution in [2.24, 2.45) is 5.92 Å². The first kappa shape index (κ1) is 16.0. The van der Waals surface area contributed by atoms with Gasteiger partial charge in [-0.15, -0.1) is 0 Å². The lowest BCUT2D eigenvalue weighted by atomic mass is 9.96. The van der Waals surface area contributed by atoms with Gasteiger partial charge < -0.3 is 10.2 Å².